The average Bonchev–Trinajstić information content (AvgIpc) is 3.54. The molecule has 1 aliphatic carbocycles. The minimum Gasteiger partial charge on any atom is -0.350 e. The third-order valence-corrected chi connectivity index (χ3v) is 8.47. The minimum atomic E-state index is -0.569. The number of nitrogens with zero attached hydrogens (tertiary/aromatic N) is 3. The summed E-state index contributed by atoms with van der Waals surface area (Å²) in [6, 6.07) is 14.0. The van der Waals surface area contributed by atoms with Crippen LogP contribution in [0, 0.1) is 0 Å². The first-order valence-corrected chi connectivity index (χ1v) is 13.4. The van der Waals surface area contributed by atoms with Crippen LogP contribution in [0.15, 0.2) is 78.6 Å². The van der Waals surface area contributed by atoms with Crippen molar-refractivity contribution in [1.29, 1.82) is 0 Å². The number of hydrogen-bond acceptors (Lipinski definition) is 6. The molecule has 1 aromatic carbocycles. The van der Waals surface area contributed by atoms with Crippen LogP contribution < -0.4 is 20.9 Å². The quantitative estimate of drug-likeness (QED) is 0.420. The maximum Gasteiger partial charge on any atom is 0.327 e. The van der Waals surface area contributed by atoms with E-state index in [4.69, 9.17) is 0 Å². The summed E-state index contributed by atoms with van der Waals surface area (Å²) in [7, 11) is 0. The summed E-state index contributed by atoms with van der Waals surface area (Å²) in [5.74, 6) is -0.431. The molecule has 38 heavy (non-hydrogen) atoms. The highest BCUT2D eigenvalue weighted by Gasteiger charge is 2.47. The predicted octanol–water partition coefficient (Wildman–Crippen LogP) is 3.86. The van der Waals surface area contributed by atoms with Gasteiger partial charge in [0.1, 0.15) is 10.3 Å². The summed E-state index contributed by atoms with van der Waals surface area (Å²) in [4.78, 5) is 49.4. The Hall–Kier alpha value is -4.18. The van der Waals surface area contributed by atoms with Gasteiger partial charge in [0, 0.05) is 35.6 Å². The Morgan fingerprint density at radius 3 is 2.68 bits per heavy atom. The number of amides is 4. The van der Waals surface area contributed by atoms with Crippen molar-refractivity contribution in [3.05, 3.63) is 79.1 Å². The van der Waals surface area contributed by atoms with E-state index in [0.717, 1.165) is 41.1 Å². The largest absolute Gasteiger partial charge is 0.350 e. The van der Waals surface area contributed by atoms with Crippen molar-refractivity contribution < 1.29 is 14.4 Å². The number of aromatic nitrogens is 2. The Kier molecular flexibility index (Phi) is 6.32. The summed E-state index contributed by atoms with van der Waals surface area (Å²) < 4.78 is 0. The van der Waals surface area contributed by atoms with E-state index >= 15 is 0 Å². The van der Waals surface area contributed by atoms with Gasteiger partial charge in [-0.3, -0.25) is 19.5 Å². The highest BCUT2D eigenvalue weighted by molar-refractivity contribution is 8.01. The van der Waals surface area contributed by atoms with Crippen molar-refractivity contribution in [2.24, 2.45) is 0 Å². The molecule has 0 spiro atoms. The van der Waals surface area contributed by atoms with E-state index in [-0.39, 0.29) is 29.9 Å². The molecular weight excluding hydrogens is 500 g/mol. The second kappa shape index (κ2) is 9.94. The van der Waals surface area contributed by atoms with E-state index in [1.165, 1.54) is 17.8 Å². The number of pyridine rings is 2. The van der Waals surface area contributed by atoms with Gasteiger partial charge in [-0.25, -0.2) is 9.78 Å². The third kappa shape index (κ3) is 4.30. The molecule has 3 aromatic rings. The molecule has 2 unspecified atom stereocenters. The standard InChI is InChI=1S/C28H26N6O3S/c1-2-22(35)31-19-10-6-11-20(19)32-26(36)25-24-23-21(12-14-30-27(23)38-25)34(28(37)33-24)17-8-5-7-16(15-17)18-9-3-4-13-29-18/h2-5,7-9,12-15,19-20,24-25H,1,6,10-11H2,(H,31,35)(H,32,36)(H,33,37)/t19-,20+,24?,25?/m0/s1. The van der Waals surface area contributed by atoms with Crippen LogP contribution in [0.3, 0.4) is 0 Å². The van der Waals surface area contributed by atoms with E-state index in [1.807, 2.05) is 48.5 Å². The van der Waals surface area contributed by atoms with E-state index < -0.39 is 11.3 Å². The number of carbonyl (C=O) groups is 3. The molecule has 1 saturated carbocycles. The van der Waals surface area contributed by atoms with Gasteiger partial charge in [0.25, 0.3) is 0 Å². The van der Waals surface area contributed by atoms with Crippen LogP contribution in [0.5, 0.6) is 0 Å². The predicted molar refractivity (Wildman–Crippen MR) is 145 cm³/mol. The van der Waals surface area contributed by atoms with Gasteiger partial charge < -0.3 is 16.0 Å². The molecule has 4 atom stereocenters. The molecule has 0 bridgehead atoms. The van der Waals surface area contributed by atoms with Crippen molar-refractivity contribution in [2.45, 2.75) is 47.7 Å². The van der Waals surface area contributed by atoms with Gasteiger partial charge in [-0.05, 0) is 55.7 Å². The molecular formula is C28H26N6O3S. The number of urea groups is 1. The van der Waals surface area contributed by atoms with Crippen LogP contribution in [0.4, 0.5) is 16.2 Å². The Labute approximate surface area is 224 Å². The Morgan fingerprint density at radius 1 is 1.05 bits per heavy atom. The Balaban J connectivity index is 1.27. The van der Waals surface area contributed by atoms with Crippen molar-refractivity contribution in [2.75, 3.05) is 4.90 Å². The van der Waals surface area contributed by atoms with Gasteiger partial charge in [-0.15, -0.1) is 0 Å². The van der Waals surface area contributed by atoms with Crippen LogP contribution >= 0.6 is 11.8 Å². The Morgan fingerprint density at radius 2 is 1.89 bits per heavy atom. The average molecular weight is 527 g/mol. The zero-order chi connectivity index (χ0) is 26.2. The van der Waals surface area contributed by atoms with Crippen molar-refractivity contribution >= 4 is 41.0 Å². The van der Waals surface area contributed by atoms with Crippen molar-refractivity contribution in [3.63, 3.8) is 0 Å². The maximum atomic E-state index is 13.5. The van der Waals surface area contributed by atoms with Gasteiger partial charge >= 0.3 is 6.03 Å². The summed E-state index contributed by atoms with van der Waals surface area (Å²) in [6.45, 7) is 3.51. The molecule has 4 heterocycles. The molecule has 9 nitrogen and oxygen atoms in total. The van der Waals surface area contributed by atoms with E-state index in [2.05, 4.69) is 32.5 Å². The summed E-state index contributed by atoms with van der Waals surface area (Å²) in [6.07, 6.45) is 7.12. The number of carbonyl (C=O) groups excluding carboxylic acids is 3. The molecule has 4 amide bonds. The van der Waals surface area contributed by atoms with Gasteiger partial charge in [0.2, 0.25) is 11.8 Å². The van der Waals surface area contributed by atoms with E-state index in [9.17, 15) is 14.4 Å². The maximum absolute atomic E-state index is 13.5. The Bertz CT molecular complexity index is 1430. The normalized spacial score (nSPS) is 23.4. The molecule has 2 aromatic heterocycles. The number of benzene rings is 1. The van der Waals surface area contributed by atoms with Crippen LogP contribution in [0.1, 0.15) is 30.9 Å². The molecule has 1 fully saturated rings. The lowest BCUT2D eigenvalue weighted by molar-refractivity contribution is -0.122. The SMILES string of the molecule is C=CC(=O)N[C@H]1CCC[C@H]1NC(=O)C1Sc2nccc3c2C1NC(=O)N3c1cccc(-c2ccccn2)c1. The lowest BCUT2D eigenvalue weighted by Crippen LogP contribution is -2.53. The zero-order valence-electron chi connectivity index (χ0n) is 20.5. The fourth-order valence-electron chi connectivity index (χ4n) is 5.43. The molecule has 3 aliphatic rings. The summed E-state index contributed by atoms with van der Waals surface area (Å²) >= 11 is 1.36. The van der Waals surface area contributed by atoms with Crippen molar-refractivity contribution in [3.8, 4) is 11.3 Å². The fraction of sp³-hybridized carbons (Fsp3) is 0.250. The summed E-state index contributed by atoms with van der Waals surface area (Å²) in [5.41, 5.74) is 3.95. The van der Waals surface area contributed by atoms with Crippen LogP contribution in [-0.2, 0) is 9.59 Å². The minimum absolute atomic E-state index is 0.144. The number of nitrogens with one attached hydrogen (secondary N) is 3. The highest BCUT2D eigenvalue weighted by Crippen LogP contribution is 2.50. The zero-order valence-corrected chi connectivity index (χ0v) is 21.3. The van der Waals surface area contributed by atoms with E-state index in [1.54, 1.807) is 17.3 Å². The lowest BCUT2D eigenvalue weighted by atomic mass is 9.99. The highest BCUT2D eigenvalue weighted by atomic mass is 32.2. The molecule has 6 rings (SSSR count). The van der Waals surface area contributed by atoms with Crippen LogP contribution in [0.25, 0.3) is 11.3 Å². The van der Waals surface area contributed by atoms with E-state index in [0.29, 0.717) is 11.4 Å². The third-order valence-electron chi connectivity index (χ3n) is 7.19. The number of thioether (sulfide) groups is 1. The first kappa shape index (κ1) is 24.2. The van der Waals surface area contributed by atoms with Gasteiger partial charge in [0.15, 0.2) is 0 Å². The second-order valence-electron chi connectivity index (χ2n) is 9.48. The van der Waals surface area contributed by atoms with Gasteiger partial charge in [-0.2, -0.15) is 0 Å². The molecule has 0 saturated heterocycles. The van der Waals surface area contributed by atoms with Gasteiger partial charge in [0.05, 0.1) is 23.1 Å². The lowest BCUT2D eigenvalue weighted by Gasteiger charge is -2.34. The first-order chi connectivity index (χ1) is 18.5. The van der Waals surface area contributed by atoms with Gasteiger partial charge in [-0.1, -0.05) is 36.5 Å². The number of rotatable bonds is 6. The fourth-order valence-corrected chi connectivity index (χ4v) is 6.67. The monoisotopic (exact) mass is 526 g/mol. The van der Waals surface area contributed by atoms with Crippen LogP contribution in [0.2, 0.25) is 0 Å². The van der Waals surface area contributed by atoms with Crippen molar-refractivity contribution in [1.82, 2.24) is 25.9 Å². The smallest absolute Gasteiger partial charge is 0.327 e. The molecule has 2 aliphatic heterocycles. The second-order valence-corrected chi connectivity index (χ2v) is 10.6. The number of hydrogen-bond donors (Lipinski definition) is 3. The molecule has 10 heteroatoms. The van der Waals surface area contributed by atoms with Crippen LogP contribution in [-0.4, -0.2) is 45.1 Å². The number of anilines is 2. The molecule has 192 valence electrons. The topological polar surface area (TPSA) is 116 Å². The first-order valence-electron chi connectivity index (χ1n) is 12.5. The molecule has 3 N–H and O–H groups in total. The summed E-state index contributed by atoms with van der Waals surface area (Å²) in [5, 5.41) is 9.24. The molecule has 0 radical (unpaired) electrons.